The van der Waals surface area contributed by atoms with Crippen LogP contribution in [0.5, 0.6) is 0 Å². The van der Waals surface area contributed by atoms with Gasteiger partial charge in [-0.1, -0.05) is 17.7 Å². The number of carbonyl (C=O) groups excluding carboxylic acids is 1. The number of hydrogen-bond donors (Lipinski definition) is 5. The van der Waals surface area contributed by atoms with Crippen molar-refractivity contribution in [1.29, 1.82) is 0 Å². The molecule has 210 valence electrons. The fraction of sp³-hybridized carbons (Fsp3) is 0.480. The van der Waals surface area contributed by atoms with E-state index in [0.29, 0.717) is 48.1 Å². The summed E-state index contributed by atoms with van der Waals surface area (Å²) in [6.07, 6.45) is -5.62. The summed E-state index contributed by atoms with van der Waals surface area (Å²) in [7, 11) is 0. The zero-order valence-corrected chi connectivity index (χ0v) is 21.5. The summed E-state index contributed by atoms with van der Waals surface area (Å²) in [6, 6.07) is 8.97. The number of anilines is 2. The minimum atomic E-state index is -4.21. The normalized spacial score (nSPS) is 14.8. The Bertz CT molecular complexity index is 1060. The average molecular weight is 562 g/mol. The Morgan fingerprint density at radius 1 is 1.00 bits per heavy atom. The number of aliphatic hydroxyl groups is 2. The highest BCUT2D eigenvalue weighted by Gasteiger charge is 2.29. The van der Waals surface area contributed by atoms with Gasteiger partial charge in [0.05, 0.1) is 42.7 Å². The number of aliphatic hydroxyl groups excluding tert-OH is 2. The SMILES string of the molecule is O=C(Nc1ccc(Cl)cc1N1CCN(CCC(F)(F)F)CC1)c1ccc(C(NCCO)NCCO)cc1F. The van der Waals surface area contributed by atoms with E-state index in [9.17, 15) is 22.4 Å². The summed E-state index contributed by atoms with van der Waals surface area (Å²) in [5.41, 5.74) is 1.30. The maximum atomic E-state index is 15.0. The molecular formula is C25H32ClF4N5O3. The van der Waals surface area contributed by atoms with E-state index in [4.69, 9.17) is 21.8 Å². The Kier molecular flexibility index (Phi) is 11.1. The molecule has 38 heavy (non-hydrogen) atoms. The molecule has 1 aliphatic heterocycles. The maximum Gasteiger partial charge on any atom is 0.390 e. The molecule has 13 heteroatoms. The molecule has 0 radical (unpaired) electrons. The number of benzene rings is 2. The molecule has 3 rings (SSSR count). The van der Waals surface area contributed by atoms with Crippen LogP contribution in [0.3, 0.4) is 0 Å². The molecule has 1 heterocycles. The van der Waals surface area contributed by atoms with E-state index >= 15 is 0 Å². The Balaban J connectivity index is 1.71. The van der Waals surface area contributed by atoms with Crippen LogP contribution in [0.15, 0.2) is 36.4 Å². The lowest BCUT2D eigenvalue weighted by molar-refractivity contribution is -0.138. The van der Waals surface area contributed by atoms with Gasteiger partial charge in [0.2, 0.25) is 0 Å². The smallest absolute Gasteiger partial charge is 0.390 e. The summed E-state index contributed by atoms with van der Waals surface area (Å²) in [6.45, 7) is 1.85. The number of amides is 1. The van der Waals surface area contributed by atoms with E-state index in [0.717, 1.165) is 0 Å². The van der Waals surface area contributed by atoms with Crippen molar-refractivity contribution in [3.8, 4) is 0 Å². The Hall–Kier alpha value is -2.48. The van der Waals surface area contributed by atoms with Gasteiger partial charge in [-0.2, -0.15) is 13.2 Å². The number of nitrogens with one attached hydrogen (secondary N) is 3. The third-order valence-electron chi connectivity index (χ3n) is 6.12. The van der Waals surface area contributed by atoms with Gasteiger partial charge in [0.1, 0.15) is 5.82 Å². The average Bonchev–Trinajstić information content (AvgIpc) is 2.88. The van der Waals surface area contributed by atoms with Crippen LogP contribution in [0.25, 0.3) is 0 Å². The number of rotatable bonds is 12. The molecule has 1 saturated heterocycles. The summed E-state index contributed by atoms with van der Waals surface area (Å²) in [5.74, 6) is -1.43. The van der Waals surface area contributed by atoms with Gasteiger partial charge in [0.25, 0.3) is 5.91 Å². The van der Waals surface area contributed by atoms with Gasteiger partial charge in [-0.3, -0.25) is 20.3 Å². The molecule has 1 amide bonds. The number of alkyl halides is 3. The quantitative estimate of drug-likeness (QED) is 0.201. The van der Waals surface area contributed by atoms with Gasteiger partial charge in [-0.25, -0.2) is 4.39 Å². The predicted octanol–water partition coefficient (Wildman–Crippen LogP) is 2.97. The number of hydrogen-bond acceptors (Lipinski definition) is 7. The van der Waals surface area contributed by atoms with Crippen LogP contribution in [0.1, 0.15) is 28.5 Å². The fourth-order valence-corrected chi connectivity index (χ4v) is 4.35. The zero-order chi connectivity index (χ0) is 27.7. The van der Waals surface area contributed by atoms with E-state index in [-0.39, 0.29) is 38.4 Å². The molecule has 0 spiro atoms. The predicted molar refractivity (Wildman–Crippen MR) is 138 cm³/mol. The second-order valence-corrected chi connectivity index (χ2v) is 9.27. The molecule has 2 aromatic carbocycles. The highest BCUT2D eigenvalue weighted by molar-refractivity contribution is 6.31. The molecule has 0 unspecified atom stereocenters. The van der Waals surface area contributed by atoms with Gasteiger partial charge < -0.3 is 20.4 Å². The highest BCUT2D eigenvalue weighted by atomic mass is 35.5. The van der Waals surface area contributed by atoms with Crippen LogP contribution in [-0.4, -0.2) is 86.2 Å². The summed E-state index contributed by atoms with van der Waals surface area (Å²) in [4.78, 5) is 16.7. The van der Waals surface area contributed by atoms with Gasteiger partial charge in [-0.05, 0) is 35.9 Å². The van der Waals surface area contributed by atoms with Crippen LogP contribution in [0.4, 0.5) is 28.9 Å². The minimum absolute atomic E-state index is 0.0718. The van der Waals surface area contributed by atoms with Crippen LogP contribution in [0, 0.1) is 5.82 Å². The molecule has 0 bridgehead atoms. The van der Waals surface area contributed by atoms with Gasteiger partial charge in [0, 0.05) is 50.8 Å². The molecule has 1 aliphatic rings. The number of piperazine rings is 1. The standard InChI is InChI=1S/C25H32ClF4N5O3/c26-18-2-4-21(22(16-18)35-11-9-34(10-12-35)8-5-25(28,29)30)33-24(38)19-3-1-17(15-20(19)27)23(31-6-13-36)32-7-14-37/h1-4,15-16,23,31-32,36-37H,5-14H2,(H,33,38). The van der Waals surface area contributed by atoms with E-state index in [1.807, 2.05) is 4.90 Å². The Labute approximate surface area is 223 Å². The lowest BCUT2D eigenvalue weighted by Gasteiger charge is -2.37. The minimum Gasteiger partial charge on any atom is -0.395 e. The summed E-state index contributed by atoms with van der Waals surface area (Å²) in [5, 5.41) is 27.3. The van der Waals surface area contributed by atoms with Crippen LogP contribution in [-0.2, 0) is 0 Å². The molecular weight excluding hydrogens is 530 g/mol. The van der Waals surface area contributed by atoms with Crippen molar-refractivity contribution in [2.45, 2.75) is 18.8 Å². The van der Waals surface area contributed by atoms with E-state index < -0.39 is 30.5 Å². The van der Waals surface area contributed by atoms with Crippen LogP contribution < -0.4 is 20.9 Å². The second-order valence-electron chi connectivity index (χ2n) is 8.84. The van der Waals surface area contributed by atoms with E-state index in [2.05, 4.69) is 16.0 Å². The van der Waals surface area contributed by atoms with Crippen molar-refractivity contribution >= 4 is 28.9 Å². The van der Waals surface area contributed by atoms with Crippen molar-refractivity contribution < 1.29 is 32.6 Å². The van der Waals surface area contributed by atoms with Gasteiger partial charge in [0.15, 0.2) is 0 Å². The van der Waals surface area contributed by atoms with E-state index in [1.165, 1.54) is 12.1 Å². The highest BCUT2D eigenvalue weighted by Crippen LogP contribution is 2.31. The lowest BCUT2D eigenvalue weighted by atomic mass is 10.1. The largest absolute Gasteiger partial charge is 0.395 e. The van der Waals surface area contributed by atoms with Gasteiger partial charge in [-0.15, -0.1) is 0 Å². The third-order valence-corrected chi connectivity index (χ3v) is 6.36. The first-order valence-electron chi connectivity index (χ1n) is 12.2. The van der Waals surface area contributed by atoms with Crippen molar-refractivity contribution in [2.75, 3.05) is 69.2 Å². The Morgan fingerprint density at radius 3 is 2.24 bits per heavy atom. The van der Waals surface area contributed by atoms with Crippen LogP contribution >= 0.6 is 11.6 Å². The Morgan fingerprint density at radius 2 is 1.66 bits per heavy atom. The first kappa shape index (κ1) is 30.1. The zero-order valence-electron chi connectivity index (χ0n) is 20.7. The first-order valence-corrected chi connectivity index (χ1v) is 12.6. The molecule has 0 aliphatic carbocycles. The molecule has 0 saturated carbocycles. The van der Waals surface area contributed by atoms with Gasteiger partial charge >= 0.3 is 6.18 Å². The number of nitrogens with zero attached hydrogens (tertiary/aromatic N) is 2. The van der Waals surface area contributed by atoms with Crippen molar-refractivity contribution in [3.05, 3.63) is 58.4 Å². The first-order chi connectivity index (χ1) is 18.1. The topological polar surface area (TPSA) is 100 Å². The van der Waals surface area contributed by atoms with Crippen molar-refractivity contribution in [1.82, 2.24) is 15.5 Å². The second kappa shape index (κ2) is 14.1. The third kappa shape index (κ3) is 8.79. The summed E-state index contributed by atoms with van der Waals surface area (Å²) >= 11 is 6.18. The molecule has 8 nitrogen and oxygen atoms in total. The van der Waals surface area contributed by atoms with Crippen molar-refractivity contribution in [2.24, 2.45) is 0 Å². The molecule has 0 atom stereocenters. The van der Waals surface area contributed by atoms with Crippen LogP contribution in [0.2, 0.25) is 5.02 Å². The number of carbonyl (C=O) groups is 1. The monoisotopic (exact) mass is 561 g/mol. The number of halogens is 5. The van der Waals surface area contributed by atoms with E-state index in [1.54, 1.807) is 29.2 Å². The lowest BCUT2D eigenvalue weighted by Crippen LogP contribution is -2.47. The molecule has 0 aromatic heterocycles. The molecule has 5 N–H and O–H groups in total. The summed E-state index contributed by atoms with van der Waals surface area (Å²) < 4.78 is 52.7. The molecule has 1 fully saturated rings. The fourth-order valence-electron chi connectivity index (χ4n) is 4.18. The maximum absolute atomic E-state index is 15.0. The van der Waals surface area contributed by atoms with Crippen molar-refractivity contribution in [3.63, 3.8) is 0 Å². The molecule has 2 aromatic rings.